The van der Waals surface area contributed by atoms with Crippen molar-refractivity contribution in [1.82, 2.24) is 0 Å². The van der Waals surface area contributed by atoms with Crippen LogP contribution < -0.4 is 9.80 Å². The molecule has 1 heterocycles. The van der Waals surface area contributed by atoms with Gasteiger partial charge in [0.25, 0.3) is 0 Å². The van der Waals surface area contributed by atoms with Crippen molar-refractivity contribution in [2.45, 2.75) is 76.2 Å². The van der Waals surface area contributed by atoms with E-state index in [1.165, 1.54) is 81.1 Å². The number of allylic oxidation sites excluding steroid dienone is 4. The molecule has 1 aliphatic heterocycles. The number of hydrogen-bond donors (Lipinski definition) is 0. The predicted molar refractivity (Wildman–Crippen MR) is 176 cm³/mol. The van der Waals surface area contributed by atoms with Crippen LogP contribution in [0.3, 0.4) is 0 Å². The molecule has 0 saturated carbocycles. The van der Waals surface area contributed by atoms with E-state index < -0.39 is 0 Å². The first-order valence-electron chi connectivity index (χ1n) is 14.9. The zero-order valence-electron chi connectivity index (χ0n) is 26.9. The Labute approximate surface area is 255 Å². The molecule has 0 radical (unpaired) electrons. The minimum absolute atomic E-state index is 0.00817. The van der Waals surface area contributed by atoms with Crippen LogP contribution in [0.4, 0.5) is 11.4 Å². The number of anilines is 2. The SMILES string of the molecule is CC1=C(C)C(C)(C)C([C](=[Ru]=[C]2N(c3c(C)cc(C)cc3C)CCN2c2c(C)cc(C)cc2C)c2ccccc2)=C1C. The third kappa shape index (κ3) is 5.16. The zero-order valence-corrected chi connectivity index (χ0v) is 28.6. The van der Waals surface area contributed by atoms with Gasteiger partial charge in [-0.2, -0.15) is 0 Å². The first-order chi connectivity index (χ1) is 19.3. The number of aryl methyl sites for hydroxylation is 6. The Balaban J connectivity index is 1.89. The molecule has 41 heavy (non-hydrogen) atoms. The van der Waals surface area contributed by atoms with Crippen molar-refractivity contribution in [3.8, 4) is 0 Å². The molecule has 2 nitrogen and oxygen atoms in total. The molecule has 1 fully saturated rings. The van der Waals surface area contributed by atoms with E-state index in [-0.39, 0.29) is 21.6 Å². The van der Waals surface area contributed by atoms with Gasteiger partial charge in [0.1, 0.15) is 0 Å². The Morgan fingerprint density at radius 1 is 0.634 bits per heavy atom. The van der Waals surface area contributed by atoms with Crippen LogP contribution in [0.2, 0.25) is 0 Å². The Morgan fingerprint density at radius 2 is 1.07 bits per heavy atom. The van der Waals surface area contributed by atoms with Crippen LogP contribution in [0.1, 0.15) is 73.6 Å². The van der Waals surface area contributed by atoms with Gasteiger partial charge in [-0.15, -0.1) is 0 Å². The van der Waals surface area contributed by atoms with Crippen molar-refractivity contribution in [3.05, 3.63) is 116 Å². The first kappa shape index (κ1) is 29.6. The van der Waals surface area contributed by atoms with E-state index in [0.717, 1.165) is 13.1 Å². The van der Waals surface area contributed by atoms with E-state index >= 15 is 0 Å². The summed E-state index contributed by atoms with van der Waals surface area (Å²) in [5.41, 5.74) is 18.2. The molecule has 3 aromatic rings. The van der Waals surface area contributed by atoms with Gasteiger partial charge in [0.15, 0.2) is 0 Å². The minimum atomic E-state index is -0.299. The van der Waals surface area contributed by atoms with E-state index in [9.17, 15) is 0 Å². The molecule has 0 spiro atoms. The van der Waals surface area contributed by atoms with Crippen LogP contribution in [0, 0.1) is 47.0 Å². The van der Waals surface area contributed by atoms with Crippen molar-refractivity contribution in [2.75, 3.05) is 22.9 Å². The summed E-state index contributed by atoms with van der Waals surface area (Å²) in [6.45, 7) is 27.5. The van der Waals surface area contributed by atoms with Crippen LogP contribution in [0.15, 0.2) is 76.9 Å². The number of nitrogens with zero attached hydrogens (tertiary/aromatic N) is 2. The molecule has 5 rings (SSSR count). The second kappa shape index (κ2) is 11.1. The second-order valence-corrected chi connectivity index (χ2v) is 14.8. The van der Waals surface area contributed by atoms with Gasteiger partial charge < -0.3 is 0 Å². The molecule has 0 N–H and O–H groups in total. The fraction of sp³-hybridized carbons (Fsp3) is 0.368. The van der Waals surface area contributed by atoms with Gasteiger partial charge >= 0.3 is 256 Å². The molecule has 3 heteroatoms. The Morgan fingerprint density at radius 3 is 1.46 bits per heavy atom. The fourth-order valence-electron chi connectivity index (χ4n) is 7.14. The maximum absolute atomic E-state index is 2.68. The molecule has 1 saturated heterocycles. The molecule has 1 aliphatic carbocycles. The molecule has 0 aromatic heterocycles. The third-order valence-corrected chi connectivity index (χ3v) is 12.0. The number of rotatable bonds is 4. The fourth-order valence-corrected chi connectivity index (χ4v) is 10.4. The topological polar surface area (TPSA) is 6.48 Å². The van der Waals surface area contributed by atoms with Crippen molar-refractivity contribution < 1.29 is 16.2 Å². The molecular formula is C38H46N2Ru. The summed E-state index contributed by atoms with van der Waals surface area (Å²) in [6, 6.07) is 20.6. The molecule has 3 aromatic carbocycles. The Kier molecular flexibility index (Phi) is 7.99. The summed E-state index contributed by atoms with van der Waals surface area (Å²) in [6.07, 6.45) is 0. The quantitative estimate of drug-likeness (QED) is 0.265. The van der Waals surface area contributed by atoms with Crippen molar-refractivity contribution >= 4 is 19.8 Å². The number of benzene rings is 3. The van der Waals surface area contributed by atoms with Gasteiger partial charge in [-0.25, -0.2) is 0 Å². The average molecular weight is 632 g/mol. The Bertz CT molecular complexity index is 1560. The van der Waals surface area contributed by atoms with E-state index in [4.69, 9.17) is 0 Å². The monoisotopic (exact) mass is 632 g/mol. The summed E-state index contributed by atoms with van der Waals surface area (Å²) in [4.78, 5) is 5.35. The molecule has 0 unspecified atom stereocenters. The van der Waals surface area contributed by atoms with E-state index in [0.29, 0.717) is 0 Å². The predicted octanol–water partition coefficient (Wildman–Crippen LogP) is 8.95. The zero-order chi connectivity index (χ0) is 29.8. The van der Waals surface area contributed by atoms with E-state index in [2.05, 4.69) is 141 Å². The van der Waals surface area contributed by atoms with Crippen molar-refractivity contribution in [3.63, 3.8) is 0 Å². The number of hydrogen-bond acceptors (Lipinski definition) is 2. The van der Waals surface area contributed by atoms with Crippen molar-refractivity contribution in [1.29, 1.82) is 0 Å². The molecule has 0 atom stereocenters. The second-order valence-electron chi connectivity index (χ2n) is 12.7. The van der Waals surface area contributed by atoms with Gasteiger partial charge in [-0.3, -0.25) is 0 Å². The molecule has 216 valence electrons. The summed E-state index contributed by atoms with van der Waals surface area (Å²) in [5.74, 6) is 0. The summed E-state index contributed by atoms with van der Waals surface area (Å²) >= 11 is -0.299. The van der Waals surface area contributed by atoms with Crippen LogP contribution in [0.25, 0.3) is 0 Å². The van der Waals surface area contributed by atoms with Gasteiger partial charge in [-0.05, 0) is 0 Å². The standard InChI is InChI=1S/C21H26N2.C17H20.Ru/c1-14-9-16(3)20(17(4)10-14)22-7-8-23(13-22)21-18(5)11-15(2)12-19(21)6;1-12-13(2)16(17(4,5)14(12)3)11-15-9-7-6-8-10-15;/h9-12H,7-8H2,1-6H3;6-10H,1-5H3;. The van der Waals surface area contributed by atoms with Gasteiger partial charge in [-0.1, -0.05) is 0 Å². The molecule has 2 aliphatic rings. The van der Waals surface area contributed by atoms with Crippen LogP contribution >= 0.6 is 0 Å². The summed E-state index contributed by atoms with van der Waals surface area (Å²) in [5, 5.41) is 0. The third-order valence-electron chi connectivity index (χ3n) is 9.25. The summed E-state index contributed by atoms with van der Waals surface area (Å²) in [7, 11) is 0. The van der Waals surface area contributed by atoms with E-state index in [1.807, 2.05) is 0 Å². The van der Waals surface area contributed by atoms with Gasteiger partial charge in [0.05, 0.1) is 0 Å². The first-order valence-corrected chi connectivity index (χ1v) is 16.6. The summed E-state index contributed by atoms with van der Waals surface area (Å²) < 4.78 is 3.01. The molecular weight excluding hydrogens is 586 g/mol. The maximum atomic E-state index is 2.68. The van der Waals surface area contributed by atoms with Gasteiger partial charge in [0.2, 0.25) is 0 Å². The van der Waals surface area contributed by atoms with Crippen LogP contribution in [-0.2, 0) is 16.2 Å². The van der Waals surface area contributed by atoms with Crippen LogP contribution in [-0.4, -0.2) is 21.6 Å². The molecule has 0 bridgehead atoms. The average Bonchev–Trinajstić information content (AvgIpc) is 3.34. The van der Waals surface area contributed by atoms with E-state index in [1.54, 1.807) is 0 Å². The van der Waals surface area contributed by atoms with Crippen molar-refractivity contribution in [2.24, 2.45) is 5.41 Å². The Hall–Kier alpha value is -2.90. The normalized spacial score (nSPS) is 16.9. The van der Waals surface area contributed by atoms with Gasteiger partial charge in [0, 0.05) is 0 Å². The van der Waals surface area contributed by atoms with Crippen LogP contribution in [0.5, 0.6) is 0 Å². The molecule has 0 amide bonds.